The van der Waals surface area contributed by atoms with Crippen molar-refractivity contribution in [3.05, 3.63) is 63.6 Å². The van der Waals surface area contributed by atoms with E-state index >= 15 is 0 Å². The zero-order chi connectivity index (χ0) is 24.4. The summed E-state index contributed by atoms with van der Waals surface area (Å²) in [7, 11) is 1.61. The molecule has 0 aliphatic heterocycles. The van der Waals surface area contributed by atoms with Crippen LogP contribution in [-0.4, -0.2) is 41.7 Å². The molecule has 0 spiro atoms. The lowest BCUT2D eigenvalue weighted by atomic mass is 10.1. The van der Waals surface area contributed by atoms with Crippen molar-refractivity contribution in [3.63, 3.8) is 0 Å². The first-order valence-electron chi connectivity index (χ1n) is 11.0. The van der Waals surface area contributed by atoms with Crippen LogP contribution in [-0.2, 0) is 21.9 Å². The van der Waals surface area contributed by atoms with E-state index < -0.39 is 6.04 Å². The van der Waals surface area contributed by atoms with Crippen LogP contribution in [0.25, 0.3) is 0 Å². The number of carbonyl (C=O) groups is 2. The highest BCUT2D eigenvalue weighted by molar-refractivity contribution is 7.99. The van der Waals surface area contributed by atoms with Gasteiger partial charge < -0.3 is 15.0 Å². The Kier molecular flexibility index (Phi) is 11.4. The molecule has 2 aromatic rings. The van der Waals surface area contributed by atoms with Gasteiger partial charge in [0, 0.05) is 28.4 Å². The Morgan fingerprint density at radius 1 is 1.12 bits per heavy atom. The van der Waals surface area contributed by atoms with E-state index in [9.17, 15) is 9.59 Å². The first kappa shape index (κ1) is 27.4. The topological polar surface area (TPSA) is 58.6 Å². The molecule has 1 N–H and O–H groups in total. The van der Waals surface area contributed by atoms with Crippen LogP contribution in [0.15, 0.2) is 42.5 Å². The summed E-state index contributed by atoms with van der Waals surface area (Å²) < 4.78 is 5.32. The molecular formula is C25H32Cl2N2O3S. The minimum atomic E-state index is -0.558. The lowest BCUT2D eigenvalue weighted by molar-refractivity contribution is -0.139. The highest BCUT2D eigenvalue weighted by atomic mass is 35.5. The first-order valence-corrected chi connectivity index (χ1v) is 12.9. The summed E-state index contributed by atoms with van der Waals surface area (Å²) in [5, 5.41) is 4.18. The summed E-state index contributed by atoms with van der Waals surface area (Å²) in [4.78, 5) is 28.0. The van der Waals surface area contributed by atoms with E-state index in [2.05, 4.69) is 5.32 Å². The summed E-state index contributed by atoms with van der Waals surface area (Å²) in [5.41, 5.74) is 1.82. The quantitative estimate of drug-likeness (QED) is 0.382. The van der Waals surface area contributed by atoms with Gasteiger partial charge in [-0.05, 0) is 55.2 Å². The Morgan fingerprint density at radius 3 is 2.52 bits per heavy atom. The Hall–Kier alpha value is -1.89. The Bertz CT molecular complexity index is 942. The predicted octanol–water partition coefficient (Wildman–Crippen LogP) is 5.96. The summed E-state index contributed by atoms with van der Waals surface area (Å²) in [6.07, 6.45) is 1.34. The molecule has 2 amide bonds. The smallest absolute Gasteiger partial charge is 0.243 e. The van der Waals surface area contributed by atoms with E-state index in [1.165, 1.54) is 11.8 Å². The Morgan fingerprint density at radius 2 is 1.88 bits per heavy atom. The van der Waals surface area contributed by atoms with E-state index in [0.717, 1.165) is 17.5 Å². The second-order valence-electron chi connectivity index (χ2n) is 7.84. The maximum Gasteiger partial charge on any atom is 0.243 e. The van der Waals surface area contributed by atoms with E-state index in [-0.39, 0.29) is 23.6 Å². The van der Waals surface area contributed by atoms with Gasteiger partial charge >= 0.3 is 0 Å². The predicted molar refractivity (Wildman–Crippen MR) is 138 cm³/mol. The van der Waals surface area contributed by atoms with Crippen molar-refractivity contribution in [3.8, 4) is 5.75 Å². The SMILES string of the molecule is CC[C@H](C)NC(=O)[C@H](CC)N(Cc1cccc(OC)c1)C(=O)CSCc1ccc(Cl)cc1Cl. The average molecular weight is 512 g/mol. The number of carbonyl (C=O) groups excluding carboxylic acids is 2. The number of methoxy groups -OCH3 is 1. The number of halogens is 2. The number of nitrogens with zero attached hydrogens (tertiary/aromatic N) is 1. The molecule has 0 radical (unpaired) electrons. The van der Waals surface area contributed by atoms with Crippen LogP contribution < -0.4 is 10.1 Å². The van der Waals surface area contributed by atoms with E-state index in [1.807, 2.05) is 51.1 Å². The molecule has 2 aromatic carbocycles. The summed E-state index contributed by atoms with van der Waals surface area (Å²) >= 11 is 13.7. The molecule has 0 fully saturated rings. The molecule has 5 nitrogen and oxygen atoms in total. The van der Waals surface area contributed by atoms with Crippen molar-refractivity contribution < 1.29 is 14.3 Å². The van der Waals surface area contributed by atoms with Crippen LogP contribution in [0.1, 0.15) is 44.7 Å². The minimum Gasteiger partial charge on any atom is -0.497 e. The zero-order valence-electron chi connectivity index (χ0n) is 19.6. The highest BCUT2D eigenvalue weighted by Crippen LogP contribution is 2.25. The molecule has 0 aromatic heterocycles. The van der Waals surface area contributed by atoms with Gasteiger partial charge in [-0.1, -0.05) is 55.2 Å². The maximum atomic E-state index is 13.3. The van der Waals surface area contributed by atoms with Gasteiger partial charge in [0.15, 0.2) is 0 Å². The van der Waals surface area contributed by atoms with Gasteiger partial charge in [-0.25, -0.2) is 0 Å². The van der Waals surface area contributed by atoms with Crippen molar-refractivity contribution in [1.82, 2.24) is 10.2 Å². The van der Waals surface area contributed by atoms with Gasteiger partial charge in [0.2, 0.25) is 11.8 Å². The number of hydrogen-bond donors (Lipinski definition) is 1. The number of hydrogen-bond acceptors (Lipinski definition) is 4. The largest absolute Gasteiger partial charge is 0.497 e. The lowest BCUT2D eigenvalue weighted by Gasteiger charge is -2.31. The number of nitrogens with one attached hydrogen (secondary N) is 1. The molecule has 180 valence electrons. The summed E-state index contributed by atoms with van der Waals surface area (Å²) in [6, 6.07) is 12.4. The number of amides is 2. The van der Waals surface area contributed by atoms with Gasteiger partial charge in [-0.3, -0.25) is 9.59 Å². The molecule has 0 saturated carbocycles. The van der Waals surface area contributed by atoms with Crippen LogP contribution in [0.4, 0.5) is 0 Å². The molecule has 8 heteroatoms. The van der Waals surface area contributed by atoms with Crippen molar-refractivity contribution >= 4 is 46.8 Å². The molecule has 33 heavy (non-hydrogen) atoms. The van der Waals surface area contributed by atoms with Gasteiger partial charge in [0.1, 0.15) is 11.8 Å². The van der Waals surface area contributed by atoms with Crippen LogP contribution in [0.5, 0.6) is 5.75 Å². The van der Waals surface area contributed by atoms with Crippen LogP contribution in [0.2, 0.25) is 10.0 Å². The third-order valence-corrected chi connectivity index (χ3v) is 6.93. The third kappa shape index (κ3) is 8.43. The van der Waals surface area contributed by atoms with E-state index in [0.29, 0.717) is 34.5 Å². The Labute approximate surface area is 211 Å². The molecule has 0 bridgehead atoms. The monoisotopic (exact) mass is 510 g/mol. The molecule has 2 atom stereocenters. The minimum absolute atomic E-state index is 0.0433. The summed E-state index contributed by atoms with van der Waals surface area (Å²) in [5.74, 6) is 1.29. The van der Waals surface area contributed by atoms with Crippen molar-refractivity contribution in [1.29, 1.82) is 0 Å². The Balaban J connectivity index is 2.18. The third-order valence-electron chi connectivity index (χ3n) is 5.37. The van der Waals surface area contributed by atoms with Crippen molar-refractivity contribution in [2.75, 3.05) is 12.9 Å². The summed E-state index contributed by atoms with van der Waals surface area (Å²) in [6.45, 7) is 6.23. The van der Waals surface area contributed by atoms with E-state index in [1.54, 1.807) is 24.1 Å². The van der Waals surface area contributed by atoms with Crippen LogP contribution in [0.3, 0.4) is 0 Å². The second-order valence-corrected chi connectivity index (χ2v) is 9.67. The first-order chi connectivity index (χ1) is 15.8. The molecular weight excluding hydrogens is 479 g/mol. The van der Waals surface area contributed by atoms with E-state index in [4.69, 9.17) is 27.9 Å². The van der Waals surface area contributed by atoms with Gasteiger partial charge in [-0.2, -0.15) is 0 Å². The molecule has 0 saturated heterocycles. The fourth-order valence-electron chi connectivity index (χ4n) is 3.30. The number of rotatable bonds is 12. The molecule has 2 rings (SSSR count). The van der Waals surface area contributed by atoms with Crippen molar-refractivity contribution in [2.24, 2.45) is 0 Å². The average Bonchev–Trinajstić information content (AvgIpc) is 2.80. The lowest BCUT2D eigenvalue weighted by Crippen LogP contribution is -2.51. The standard InChI is InChI=1S/C25H32Cl2N2O3S/c1-5-17(3)28-25(31)23(6-2)29(14-18-8-7-9-21(12-18)32-4)24(30)16-33-15-19-10-11-20(26)13-22(19)27/h7-13,17,23H,5-6,14-16H2,1-4H3,(H,28,31)/t17-,23-/m0/s1. The van der Waals surface area contributed by atoms with Crippen LogP contribution in [0, 0.1) is 0 Å². The highest BCUT2D eigenvalue weighted by Gasteiger charge is 2.29. The fraction of sp³-hybridized carbons (Fsp3) is 0.440. The van der Waals surface area contributed by atoms with Crippen molar-refractivity contribution in [2.45, 2.75) is 58.0 Å². The molecule has 0 aliphatic carbocycles. The molecule has 0 aliphatic rings. The normalized spacial score (nSPS) is 12.7. The fourth-order valence-corrected chi connectivity index (χ4v) is 4.77. The number of ether oxygens (including phenoxy) is 1. The molecule has 0 unspecified atom stereocenters. The van der Waals surface area contributed by atoms with Gasteiger partial charge in [0.25, 0.3) is 0 Å². The van der Waals surface area contributed by atoms with Gasteiger partial charge in [0.05, 0.1) is 12.9 Å². The maximum absolute atomic E-state index is 13.3. The van der Waals surface area contributed by atoms with Crippen LogP contribution >= 0.6 is 35.0 Å². The van der Waals surface area contributed by atoms with Gasteiger partial charge in [-0.15, -0.1) is 11.8 Å². The number of thioether (sulfide) groups is 1. The molecule has 0 heterocycles. The second kappa shape index (κ2) is 13.7. The zero-order valence-corrected chi connectivity index (χ0v) is 21.9. The number of benzene rings is 2.